The Morgan fingerprint density at radius 3 is 2.51 bits per heavy atom. The number of esters is 2. The number of nitrogens with one attached hydrogen (secondary N) is 3. The number of H-pyrrole nitrogens is 2. The summed E-state index contributed by atoms with van der Waals surface area (Å²) in [5.74, 6) is -0.00480. The molecule has 0 fully saturated rings. The van der Waals surface area contributed by atoms with Gasteiger partial charge in [-0.2, -0.15) is 0 Å². The van der Waals surface area contributed by atoms with Crippen LogP contribution in [-0.4, -0.2) is 71.7 Å². The minimum Gasteiger partial charge on any atom is -0.464 e. The number of anilines is 1. The molecule has 2 aromatic carbocycles. The molecule has 0 radical (unpaired) electrons. The van der Waals surface area contributed by atoms with E-state index in [0.29, 0.717) is 28.0 Å². The molecule has 3 N–H and O–H groups in total. The number of aromatic nitrogens is 5. The number of ether oxygens (including phenoxy) is 2. The first-order chi connectivity index (χ1) is 25.0. The van der Waals surface area contributed by atoms with Gasteiger partial charge in [0.1, 0.15) is 17.7 Å². The first-order valence-corrected chi connectivity index (χ1v) is 18.0. The van der Waals surface area contributed by atoms with E-state index in [4.69, 9.17) is 15.9 Å². The summed E-state index contributed by atoms with van der Waals surface area (Å²) in [6.45, 7) is 10.2. The topological polar surface area (TPSA) is 198 Å². The van der Waals surface area contributed by atoms with Gasteiger partial charge in [0.05, 0.1) is 45.8 Å². The molecule has 0 bridgehead atoms. The molecular formula is C36H42FN7O8S. The molecule has 2 aromatic heterocycles. The SMILES string of the molecule is C#CCN(Cc1cc2c(=O)n(COC(=O)C(C)(C)C)c(C)nc2cc1C)c1ccc(C(=O)N[C@@H](CCCS(=O)c2n[nH]c(=O)[nH]2)C(=O)OCC)c(F)c1. The fourth-order valence-corrected chi connectivity index (χ4v) is 6.21. The number of nitrogens with zero attached hydrogens (tertiary/aromatic N) is 4. The van der Waals surface area contributed by atoms with Gasteiger partial charge in [0.2, 0.25) is 5.16 Å². The number of aryl methyl sites for hydroxylation is 2. The van der Waals surface area contributed by atoms with Crippen molar-refractivity contribution in [1.29, 1.82) is 0 Å². The third-order valence-electron chi connectivity index (χ3n) is 8.14. The Kier molecular flexibility index (Phi) is 13.1. The maximum absolute atomic E-state index is 15.6. The summed E-state index contributed by atoms with van der Waals surface area (Å²) < 4.78 is 39.7. The van der Waals surface area contributed by atoms with E-state index >= 15 is 4.39 Å². The molecule has 0 aliphatic rings. The van der Waals surface area contributed by atoms with Gasteiger partial charge in [-0.1, -0.05) is 5.92 Å². The largest absolute Gasteiger partial charge is 0.464 e. The van der Waals surface area contributed by atoms with E-state index in [1.54, 1.807) is 51.7 Å². The minimum atomic E-state index is -1.67. The molecular weight excluding hydrogens is 710 g/mol. The average Bonchev–Trinajstić information content (AvgIpc) is 3.53. The fraction of sp³-hybridized carbons (Fsp3) is 0.417. The second kappa shape index (κ2) is 17.3. The lowest BCUT2D eigenvalue weighted by Gasteiger charge is -2.24. The molecule has 17 heteroatoms. The number of carbonyl (C=O) groups excluding carboxylic acids is 3. The van der Waals surface area contributed by atoms with Crippen molar-refractivity contribution in [2.45, 2.75) is 78.9 Å². The van der Waals surface area contributed by atoms with Gasteiger partial charge in [-0.3, -0.25) is 28.1 Å². The van der Waals surface area contributed by atoms with E-state index in [-0.39, 0.29) is 55.7 Å². The molecule has 0 saturated carbocycles. The number of fused-ring (bicyclic) bond motifs is 1. The van der Waals surface area contributed by atoms with Gasteiger partial charge in [0.25, 0.3) is 11.5 Å². The summed E-state index contributed by atoms with van der Waals surface area (Å²) in [7, 11) is -1.67. The number of rotatable bonds is 15. The zero-order chi connectivity index (χ0) is 39.0. The molecule has 4 rings (SSSR count). The van der Waals surface area contributed by atoms with Gasteiger partial charge in [-0.25, -0.2) is 24.1 Å². The molecule has 1 unspecified atom stereocenters. The van der Waals surface area contributed by atoms with Gasteiger partial charge < -0.3 is 19.7 Å². The quantitative estimate of drug-likeness (QED) is 0.119. The lowest BCUT2D eigenvalue weighted by Crippen LogP contribution is -2.42. The van der Waals surface area contributed by atoms with E-state index in [9.17, 15) is 28.2 Å². The van der Waals surface area contributed by atoms with Gasteiger partial charge >= 0.3 is 17.6 Å². The van der Waals surface area contributed by atoms with Gasteiger partial charge in [-0.05, 0) is 95.8 Å². The highest BCUT2D eigenvalue weighted by Gasteiger charge is 2.26. The molecule has 282 valence electrons. The zero-order valence-electron chi connectivity index (χ0n) is 30.3. The van der Waals surface area contributed by atoms with Crippen LogP contribution in [0.15, 0.2) is 45.1 Å². The van der Waals surface area contributed by atoms with Crippen LogP contribution in [0.4, 0.5) is 10.1 Å². The maximum atomic E-state index is 15.6. The Balaban J connectivity index is 1.53. The Morgan fingerprint density at radius 1 is 1.15 bits per heavy atom. The summed E-state index contributed by atoms with van der Waals surface area (Å²) in [5, 5.41) is 8.51. The van der Waals surface area contributed by atoms with Crippen LogP contribution >= 0.6 is 0 Å². The first-order valence-electron chi connectivity index (χ1n) is 16.7. The molecule has 0 spiro atoms. The summed E-state index contributed by atoms with van der Waals surface area (Å²) >= 11 is 0. The van der Waals surface area contributed by atoms with Crippen molar-refractivity contribution in [3.63, 3.8) is 0 Å². The highest BCUT2D eigenvalue weighted by atomic mass is 32.2. The number of hydrogen-bond acceptors (Lipinski definition) is 11. The van der Waals surface area contributed by atoms with E-state index in [0.717, 1.165) is 11.6 Å². The second-order valence-corrected chi connectivity index (χ2v) is 14.7. The van der Waals surface area contributed by atoms with Gasteiger partial charge in [0, 0.05) is 18.0 Å². The molecule has 2 heterocycles. The van der Waals surface area contributed by atoms with Crippen LogP contribution in [0.3, 0.4) is 0 Å². The Morgan fingerprint density at radius 2 is 1.89 bits per heavy atom. The molecule has 53 heavy (non-hydrogen) atoms. The third kappa shape index (κ3) is 10.0. The van der Waals surface area contributed by atoms with Crippen molar-refractivity contribution in [3.05, 3.63) is 79.5 Å². The van der Waals surface area contributed by atoms with Crippen molar-refractivity contribution in [3.8, 4) is 12.3 Å². The normalized spacial score (nSPS) is 12.5. The van der Waals surface area contributed by atoms with Crippen molar-refractivity contribution >= 4 is 45.2 Å². The molecule has 0 saturated heterocycles. The summed E-state index contributed by atoms with van der Waals surface area (Å²) in [4.78, 5) is 71.6. The molecule has 0 aliphatic heterocycles. The molecule has 2 atom stereocenters. The molecule has 15 nitrogen and oxygen atoms in total. The van der Waals surface area contributed by atoms with Gasteiger partial charge in [0.15, 0.2) is 6.73 Å². The van der Waals surface area contributed by atoms with Crippen LogP contribution in [0.1, 0.15) is 67.8 Å². The number of carbonyl (C=O) groups is 3. The van der Waals surface area contributed by atoms with Crippen LogP contribution in [0.2, 0.25) is 0 Å². The predicted octanol–water partition coefficient (Wildman–Crippen LogP) is 3.00. The lowest BCUT2D eigenvalue weighted by molar-refractivity contribution is -0.157. The van der Waals surface area contributed by atoms with Crippen molar-refractivity contribution < 1.29 is 32.5 Å². The zero-order valence-corrected chi connectivity index (χ0v) is 31.1. The van der Waals surface area contributed by atoms with Crippen molar-refractivity contribution in [1.82, 2.24) is 30.0 Å². The number of halogens is 1. The van der Waals surface area contributed by atoms with Crippen LogP contribution < -0.4 is 21.5 Å². The average molecular weight is 752 g/mol. The summed E-state index contributed by atoms with van der Waals surface area (Å²) in [5.41, 5.74) is 0.210. The van der Waals surface area contributed by atoms with E-state index < -0.39 is 57.2 Å². The number of hydrogen-bond donors (Lipinski definition) is 3. The monoisotopic (exact) mass is 751 g/mol. The van der Waals surface area contributed by atoms with Crippen LogP contribution in [-0.2, 0) is 43.1 Å². The minimum absolute atomic E-state index is 0.0218. The van der Waals surface area contributed by atoms with Crippen LogP contribution in [0.25, 0.3) is 10.9 Å². The highest BCUT2D eigenvalue weighted by molar-refractivity contribution is 7.84. The maximum Gasteiger partial charge on any atom is 0.341 e. The lowest BCUT2D eigenvalue weighted by atomic mass is 9.98. The van der Waals surface area contributed by atoms with Crippen LogP contribution in [0, 0.1) is 37.4 Å². The van der Waals surface area contributed by atoms with Gasteiger partial charge in [-0.15, -0.1) is 11.5 Å². The smallest absolute Gasteiger partial charge is 0.341 e. The van der Waals surface area contributed by atoms with E-state index in [1.165, 1.54) is 16.7 Å². The standard InChI is InChI=1S/C36H42FN7O8S/c1-8-14-43(19-23-17-26-29(16-21(23)3)38-22(4)44(31(26)46)20-52-33(48)36(5,6)7)24-12-13-25(27(37)18-24)30(45)39-28(32(47)51-9-2)11-10-15-53(50)35-40-34(49)41-42-35/h1,12-13,16-18,28H,9-11,14-15,19-20H2,2-7H3,(H,39,45)(H2,40,41,42,49)/t28-,53?/m0/s1. The third-order valence-corrected chi connectivity index (χ3v) is 9.42. The number of terminal acetylenes is 1. The van der Waals surface area contributed by atoms with E-state index in [1.807, 2.05) is 6.92 Å². The predicted molar refractivity (Wildman–Crippen MR) is 195 cm³/mol. The molecule has 1 amide bonds. The summed E-state index contributed by atoms with van der Waals surface area (Å²) in [6, 6.07) is 6.22. The number of amides is 1. The van der Waals surface area contributed by atoms with E-state index in [2.05, 4.69) is 31.4 Å². The number of aromatic amines is 2. The highest BCUT2D eigenvalue weighted by Crippen LogP contribution is 2.24. The summed E-state index contributed by atoms with van der Waals surface area (Å²) in [6.07, 6.45) is 5.88. The van der Waals surface area contributed by atoms with Crippen molar-refractivity contribution in [2.75, 3.05) is 23.8 Å². The van der Waals surface area contributed by atoms with Crippen LogP contribution in [0.5, 0.6) is 0 Å². The van der Waals surface area contributed by atoms with Crippen molar-refractivity contribution in [2.24, 2.45) is 5.41 Å². The Labute approximate surface area is 307 Å². The molecule has 4 aromatic rings. The fourth-order valence-electron chi connectivity index (χ4n) is 5.24. The molecule has 0 aliphatic carbocycles. The first kappa shape index (κ1) is 40.1. The Hall–Kier alpha value is -5.63. The second-order valence-electron chi connectivity index (χ2n) is 13.2. The Bertz CT molecular complexity index is 2200. The number of benzene rings is 2.